The van der Waals surface area contributed by atoms with E-state index in [1.807, 2.05) is 0 Å². The van der Waals surface area contributed by atoms with E-state index in [0.29, 0.717) is 11.8 Å². The van der Waals surface area contributed by atoms with E-state index in [1.165, 1.54) is 11.1 Å². The first-order valence-electron chi connectivity index (χ1n) is 5.12. The molecule has 1 heterocycles. The zero-order chi connectivity index (χ0) is 10.3. The quantitative estimate of drug-likeness (QED) is 0.664. The molecule has 2 aromatic rings. The number of hydrogen-bond donors (Lipinski definition) is 0. The molecule has 0 saturated carbocycles. The predicted octanol–water partition coefficient (Wildman–Crippen LogP) is 4.27. The van der Waals surface area contributed by atoms with Crippen molar-refractivity contribution in [3.63, 3.8) is 0 Å². The third kappa shape index (κ3) is 1.26. The highest BCUT2D eigenvalue weighted by atomic mass is 17.0. The maximum Gasteiger partial charge on any atom is 0.229 e. The van der Waals surface area contributed by atoms with Gasteiger partial charge in [-0.25, -0.2) is 0 Å². The molecule has 14 heavy (non-hydrogen) atoms. The summed E-state index contributed by atoms with van der Waals surface area (Å²) < 4.78 is 10.1. The lowest BCUT2D eigenvalue weighted by Crippen LogP contribution is -1.96. The normalized spacial score (nSPS) is 12.1. The van der Waals surface area contributed by atoms with E-state index in [9.17, 15) is 0 Å². The molecular weight excluding hydrogens is 176 g/mol. The fraction of sp³-hybridized carbons (Fsp3) is 0.500. The second-order valence-corrected chi connectivity index (χ2v) is 4.38. The number of fused-ring (bicyclic) bond motifs is 1. The highest BCUT2D eigenvalue weighted by Crippen LogP contribution is 2.34. The molecule has 2 heteroatoms. The number of rotatable bonds is 2. The largest absolute Gasteiger partial charge is 0.285 e. The minimum atomic E-state index is 0.480. The molecule has 0 N–H and O–H groups in total. The topological polar surface area (TPSA) is 26.3 Å². The van der Waals surface area contributed by atoms with Crippen LogP contribution in [0.5, 0.6) is 0 Å². The van der Waals surface area contributed by atoms with Crippen LogP contribution < -0.4 is 0 Å². The van der Waals surface area contributed by atoms with E-state index < -0.39 is 0 Å². The minimum Gasteiger partial charge on any atom is -0.285 e. The van der Waals surface area contributed by atoms with Gasteiger partial charge in [-0.2, -0.15) is 0 Å². The van der Waals surface area contributed by atoms with Crippen LogP contribution in [0.4, 0.5) is 0 Å². The van der Waals surface area contributed by atoms with Gasteiger partial charge in [0.05, 0.1) is 0 Å². The van der Waals surface area contributed by atoms with Gasteiger partial charge in [0.25, 0.3) is 0 Å². The van der Waals surface area contributed by atoms with E-state index in [-0.39, 0.29) is 0 Å². The first-order chi connectivity index (χ1) is 6.61. The van der Waals surface area contributed by atoms with Crippen molar-refractivity contribution in [2.75, 3.05) is 0 Å². The van der Waals surface area contributed by atoms with Gasteiger partial charge in [0.15, 0.2) is 0 Å². The predicted molar refractivity (Wildman–Crippen MR) is 56.7 cm³/mol. The second-order valence-electron chi connectivity index (χ2n) is 4.38. The Hall–Kier alpha value is -1.18. The standard InChI is InChI=1S/C12H16O2/c1-7(2)9-5-6-10(8(3)4)12-11(9)13-14-12/h5-8H,1-4H3. The summed E-state index contributed by atoms with van der Waals surface area (Å²) >= 11 is 0. The number of hydrogen-bond acceptors (Lipinski definition) is 2. The van der Waals surface area contributed by atoms with Gasteiger partial charge in [-0.1, -0.05) is 39.8 Å². The Morgan fingerprint density at radius 3 is 1.36 bits per heavy atom. The Bertz CT molecular complexity index is 391. The maximum atomic E-state index is 5.06. The van der Waals surface area contributed by atoms with Crippen molar-refractivity contribution in [3.05, 3.63) is 23.3 Å². The zero-order valence-corrected chi connectivity index (χ0v) is 9.13. The monoisotopic (exact) mass is 192 g/mol. The summed E-state index contributed by atoms with van der Waals surface area (Å²) in [6.07, 6.45) is 0. The third-order valence-corrected chi connectivity index (χ3v) is 2.63. The Morgan fingerprint density at radius 1 is 0.786 bits per heavy atom. The summed E-state index contributed by atoms with van der Waals surface area (Å²) in [4.78, 5) is 0. The van der Waals surface area contributed by atoms with E-state index in [0.717, 1.165) is 11.2 Å². The molecule has 0 unspecified atom stereocenters. The molecular formula is C12H16O2. The zero-order valence-electron chi connectivity index (χ0n) is 9.13. The molecule has 2 rings (SSSR count). The lowest BCUT2D eigenvalue weighted by atomic mass is 9.95. The molecule has 0 aliphatic rings. The Kier molecular flexibility index (Phi) is 2.14. The van der Waals surface area contributed by atoms with Gasteiger partial charge in [-0.05, 0) is 11.8 Å². The second kappa shape index (κ2) is 3.19. The van der Waals surface area contributed by atoms with Crippen molar-refractivity contribution in [1.82, 2.24) is 0 Å². The smallest absolute Gasteiger partial charge is 0.229 e. The molecule has 0 atom stereocenters. The van der Waals surface area contributed by atoms with Crippen LogP contribution in [0.3, 0.4) is 0 Å². The molecule has 0 bridgehead atoms. The fourth-order valence-electron chi connectivity index (χ4n) is 1.72. The van der Waals surface area contributed by atoms with Crippen LogP contribution in [0.1, 0.15) is 50.7 Å². The van der Waals surface area contributed by atoms with Gasteiger partial charge in [0, 0.05) is 11.1 Å². The van der Waals surface area contributed by atoms with Crippen LogP contribution in [-0.2, 0) is 0 Å². The molecule has 0 aliphatic carbocycles. The van der Waals surface area contributed by atoms with E-state index in [2.05, 4.69) is 39.8 Å². The molecule has 1 aromatic carbocycles. The first kappa shape index (κ1) is 9.38. The average molecular weight is 192 g/mol. The molecule has 1 aromatic heterocycles. The SMILES string of the molecule is CC(C)c1ccc(C(C)C)c2ooc12. The Morgan fingerprint density at radius 2 is 1.14 bits per heavy atom. The summed E-state index contributed by atoms with van der Waals surface area (Å²) in [5.74, 6) is 0.961. The van der Waals surface area contributed by atoms with Crippen molar-refractivity contribution in [3.8, 4) is 0 Å². The van der Waals surface area contributed by atoms with Gasteiger partial charge in [0.1, 0.15) is 0 Å². The minimum absolute atomic E-state index is 0.480. The first-order valence-corrected chi connectivity index (χ1v) is 5.12. The summed E-state index contributed by atoms with van der Waals surface area (Å²) in [5.41, 5.74) is 4.34. The molecule has 2 nitrogen and oxygen atoms in total. The van der Waals surface area contributed by atoms with Crippen LogP contribution >= 0.6 is 0 Å². The lowest BCUT2D eigenvalue weighted by Gasteiger charge is -2.13. The van der Waals surface area contributed by atoms with Crippen LogP contribution in [0, 0.1) is 0 Å². The molecule has 76 valence electrons. The van der Waals surface area contributed by atoms with Crippen molar-refractivity contribution in [2.45, 2.75) is 39.5 Å². The van der Waals surface area contributed by atoms with Gasteiger partial charge in [-0.15, -0.1) is 0 Å². The highest BCUT2D eigenvalue weighted by Gasteiger charge is 2.18. The van der Waals surface area contributed by atoms with Gasteiger partial charge in [-0.3, -0.25) is 9.15 Å². The summed E-state index contributed by atoms with van der Waals surface area (Å²) in [5, 5.41) is 0. The molecule has 0 spiro atoms. The van der Waals surface area contributed by atoms with E-state index >= 15 is 0 Å². The lowest BCUT2D eigenvalue weighted by molar-refractivity contribution is 0.0568. The van der Waals surface area contributed by atoms with Crippen molar-refractivity contribution < 1.29 is 9.15 Å². The molecule has 0 fully saturated rings. The summed E-state index contributed by atoms with van der Waals surface area (Å²) in [6, 6.07) is 4.28. The van der Waals surface area contributed by atoms with Crippen molar-refractivity contribution in [2.24, 2.45) is 0 Å². The van der Waals surface area contributed by atoms with Gasteiger partial charge in [0.2, 0.25) is 11.2 Å². The average Bonchev–Trinajstić information content (AvgIpc) is 2.04. The van der Waals surface area contributed by atoms with E-state index in [1.54, 1.807) is 0 Å². The maximum absolute atomic E-state index is 5.06. The third-order valence-electron chi connectivity index (χ3n) is 2.63. The molecule has 0 amide bonds. The van der Waals surface area contributed by atoms with Crippen LogP contribution in [0.2, 0.25) is 0 Å². The highest BCUT2D eigenvalue weighted by molar-refractivity contribution is 5.79. The van der Waals surface area contributed by atoms with E-state index in [4.69, 9.17) is 9.15 Å². The molecule has 0 aliphatic heterocycles. The van der Waals surface area contributed by atoms with Crippen LogP contribution in [-0.4, -0.2) is 0 Å². The molecule has 0 radical (unpaired) electrons. The Balaban J connectivity index is 2.58. The van der Waals surface area contributed by atoms with Crippen molar-refractivity contribution in [1.29, 1.82) is 0 Å². The Labute approximate surface area is 83.8 Å². The molecule has 0 saturated heterocycles. The van der Waals surface area contributed by atoms with Crippen molar-refractivity contribution >= 4 is 11.2 Å². The van der Waals surface area contributed by atoms with Gasteiger partial charge < -0.3 is 0 Å². The van der Waals surface area contributed by atoms with Crippen LogP contribution in [0.25, 0.3) is 11.2 Å². The number of benzene rings is 1. The van der Waals surface area contributed by atoms with Crippen LogP contribution in [0.15, 0.2) is 21.3 Å². The summed E-state index contributed by atoms with van der Waals surface area (Å²) in [6.45, 7) is 8.64. The van der Waals surface area contributed by atoms with Gasteiger partial charge >= 0.3 is 0 Å². The summed E-state index contributed by atoms with van der Waals surface area (Å²) in [7, 11) is 0. The fourth-order valence-corrected chi connectivity index (χ4v) is 1.72.